The molecule has 4 aliphatic rings. The summed E-state index contributed by atoms with van der Waals surface area (Å²) in [6, 6.07) is 0. The van der Waals surface area contributed by atoms with Gasteiger partial charge in [0, 0.05) is 11.8 Å². The van der Waals surface area contributed by atoms with Crippen molar-refractivity contribution in [3.8, 4) is 0 Å². The van der Waals surface area contributed by atoms with Crippen LogP contribution in [0.4, 0.5) is 0 Å². The summed E-state index contributed by atoms with van der Waals surface area (Å²) in [5.74, 6) is 1.26. The molecule has 0 aromatic heterocycles. The standard InChI is InChI=1S/C21H30O4/c1-19-8-5-14(23)11-13(19)3-4-15-16(19)6-9-20(2)17(15)7-10-21(20,25)18(24)12-22/h11,15-17,22,25H,3-10,12H2,1-2H3/t15-,16-,17+,19+,20-,21-/m0/s1. The predicted octanol–water partition coefficient (Wildman–Crippen LogP) is 2.81. The number of aliphatic hydroxyl groups is 2. The quantitative estimate of drug-likeness (QED) is 0.806. The Morgan fingerprint density at radius 3 is 2.56 bits per heavy atom. The molecule has 0 unspecified atom stereocenters. The van der Waals surface area contributed by atoms with Gasteiger partial charge in [0.25, 0.3) is 0 Å². The number of carbonyl (C=O) groups is 2. The zero-order chi connectivity index (χ0) is 18.0. The fraction of sp³-hybridized carbons (Fsp3) is 0.810. The van der Waals surface area contributed by atoms with E-state index in [1.165, 1.54) is 5.57 Å². The van der Waals surface area contributed by atoms with Gasteiger partial charge >= 0.3 is 0 Å². The molecule has 4 heteroatoms. The van der Waals surface area contributed by atoms with E-state index in [1.807, 2.05) is 6.08 Å². The molecule has 4 rings (SSSR count). The number of hydrogen-bond donors (Lipinski definition) is 2. The highest BCUT2D eigenvalue weighted by Gasteiger charge is 2.65. The summed E-state index contributed by atoms with van der Waals surface area (Å²) in [4.78, 5) is 24.2. The zero-order valence-electron chi connectivity index (χ0n) is 15.4. The maximum atomic E-state index is 12.3. The molecule has 0 aromatic carbocycles. The normalized spacial score (nSPS) is 49.0. The minimum atomic E-state index is -1.36. The molecule has 4 aliphatic carbocycles. The van der Waals surface area contributed by atoms with Crippen molar-refractivity contribution in [1.82, 2.24) is 0 Å². The minimum absolute atomic E-state index is 0.111. The van der Waals surface area contributed by atoms with Gasteiger partial charge in [-0.1, -0.05) is 19.4 Å². The van der Waals surface area contributed by atoms with Crippen molar-refractivity contribution >= 4 is 11.6 Å². The molecule has 0 aromatic rings. The van der Waals surface area contributed by atoms with Crippen molar-refractivity contribution in [1.29, 1.82) is 0 Å². The SMILES string of the molecule is C[C@]12CC[C@H]3[C@H](CCC4=CC(=O)CC[C@]43C)[C@H]1CC[C@]2(O)C(=O)CO. The molecule has 0 radical (unpaired) electrons. The smallest absolute Gasteiger partial charge is 0.190 e. The number of carbonyl (C=O) groups excluding carboxylic acids is 2. The molecule has 138 valence electrons. The Kier molecular flexibility index (Phi) is 3.83. The molecule has 2 N–H and O–H groups in total. The van der Waals surface area contributed by atoms with E-state index in [4.69, 9.17) is 0 Å². The van der Waals surface area contributed by atoms with Crippen LogP contribution in [0.15, 0.2) is 11.6 Å². The Morgan fingerprint density at radius 1 is 1.12 bits per heavy atom. The molecule has 0 aliphatic heterocycles. The van der Waals surface area contributed by atoms with Crippen LogP contribution in [0.3, 0.4) is 0 Å². The summed E-state index contributed by atoms with van der Waals surface area (Å²) in [6.07, 6.45) is 8.72. The van der Waals surface area contributed by atoms with Crippen LogP contribution < -0.4 is 0 Å². The molecule has 4 nitrogen and oxygen atoms in total. The fourth-order valence-electron chi connectivity index (χ4n) is 7.16. The zero-order valence-corrected chi connectivity index (χ0v) is 15.4. The molecule has 0 bridgehead atoms. The van der Waals surface area contributed by atoms with Crippen LogP contribution in [0.2, 0.25) is 0 Å². The second-order valence-electron chi connectivity index (χ2n) is 9.41. The van der Waals surface area contributed by atoms with Crippen molar-refractivity contribution in [2.45, 2.75) is 70.8 Å². The summed E-state index contributed by atoms with van der Waals surface area (Å²) >= 11 is 0. The molecule has 25 heavy (non-hydrogen) atoms. The molecular weight excluding hydrogens is 316 g/mol. The van der Waals surface area contributed by atoms with E-state index in [9.17, 15) is 19.8 Å². The molecule has 3 saturated carbocycles. The minimum Gasteiger partial charge on any atom is -0.388 e. The highest BCUT2D eigenvalue weighted by Crippen LogP contribution is 2.67. The first-order valence-corrected chi connectivity index (χ1v) is 9.87. The van der Waals surface area contributed by atoms with Crippen LogP contribution in [-0.2, 0) is 9.59 Å². The van der Waals surface area contributed by atoms with E-state index in [0.717, 1.165) is 38.5 Å². The first-order valence-electron chi connectivity index (χ1n) is 9.87. The lowest BCUT2D eigenvalue weighted by Gasteiger charge is -2.58. The van der Waals surface area contributed by atoms with E-state index >= 15 is 0 Å². The van der Waals surface area contributed by atoms with Crippen LogP contribution in [0, 0.1) is 28.6 Å². The number of rotatable bonds is 2. The van der Waals surface area contributed by atoms with Gasteiger partial charge in [0.2, 0.25) is 0 Å². The summed E-state index contributed by atoms with van der Waals surface area (Å²) in [5.41, 5.74) is -0.333. The van der Waals surface area contributed by atoms with Crippen molar-refractivity contribution in [2.24, 2.45) is 28.6 Å². The Morgan fingerprint density at radius 2 is 1.84 bits per heavy atom. The van der Waals surface area contributed by atoms with Gasteiger partial charge in [-0.25, -0.2) is 0 Å². The highest BCUT2D eigenvalue weighted by atomic mass is 16.3. The van der Waals surface area contributed by atoms with Gasteiger partial charge in [0.1, 0.15) is 12.2 Å². The second kappa shape index (κ2) is 5.50. The predicted molar refractivity (Wildman–Crippen MR) is 93.8 cm³/mol. The second-order valence-corrected chi connectivity index (χ2v) is 9.41. The molecule has 3 fully saturated rings. The Hall–Kier alpha value is -1.00. The van der Waals surface area contributed by atoms with Gasteiger partial charge < -0.3 is 10.2 Å². The van der Waals surface area contributed by atoms with E-state index in [2.05, 4.69) is 13.8 Å². The van der Waals surface area contributed by atoms with Gasteiger partial charge in [-0.3, -0.25) is 9.59 Å². The molecule has 0 heterocycles. The third-order valence-electron chi connectivity index (χ3n) is 8.72. The van der Waals surface area contributed by atoms with E-state index in [-0.39, 0.29) is 11.2 Å². The van der Waals surface area contributed by atoms with Gasteiger partial charge in [0.15, 0.2) is 11.6 Å². The molecule has 6 atom stereocenters. The maximum Gasteiger partial charge on any atom is 0.190 e. The average Bonchev–Trinajstić information content (AvgIpc) is 2.87. The number of ketones is 2. The summed E-state index contributed by atoms with van der Waals surface area (Å²) in [5, 5.41) is 20.5. The number of Topliss-reactive ketones (excluding diaryl/α,β-unsaturated/α-hetero) is 1. The number of allylic oxidation sites excluding steroid dienone is 1. The van der Waals surface area contributed by atoms with Gasteiger partial charge in [-0.05, 0) is 74.2 Å². The fourth-order valence-corrected chi connectivity index (χ4v) is 7.16. The number of aliphatic hydroxyl groups excluding tert-OH is 1. The van der Waals surface area contributed by atoms with E-state index in [0.29, 0.717) is 30.6 Å². The van der Waals surface area contributed by atoms with Crippen molar-refractivity contribution in [3.63, 3.8) is 0 Å². The topological polar surface area (TPSA) is 74.6 Å². The van der Waals surface area contributed by atoms with Gasteiger partial charge in [0.05, 0.1) is 0 Å². The Balaban J connectivity index is 1.68. The van der Waals surface area contributed by atoms with Crippen LogP contribution >= 0.6 is 0 Å². The largest absolute Gasteiger partial charge is 0.388 e. The van der Waals surface area contributed by atoms with Crippen LogP contribution in [-0.4, -0.2) is 34.0 Å². The van der Waals surface area contributed by atoms with Crippen LogP contribution in [0.1, 0.15) is 65.2 Å². The highest BCUT2D eigenvalue weighted by molar-refractivity contribution is 5.91. The van der Waals surface area contributed by atoms with Crippen LogP contribution in [0.5, 0.6) is 0 Å². The van der Waals surface area contributed by atoms with E-state index in [1.54, 1.807) is 0 Å². The molecule has 0 saturated heterocycles. The average molecular weight is 346 g/mol. The monoisotopic (exact) mass is 346 g/mol. The van der Waals surface area contributed by atoms with Crippen molar-refractivity contribution < 1.29 is 19.8 Å². The van der Waals surface area contributed by atoms with Gasteiger partial charge in [-0.15, -0.1) is 0 Å². The lowest BCUT2D eigenvalue weighted by atomic mass is 9.46. The van der Waals surface area contributed by atoms with E-state index < -0.39 is 23.4 Å². The molecular formula is C21H30O4. The first-order chi connectivity index (χ1) is 11.8. The van der Waals surface area contributed by atoms with Crippen LogP contribution in [0.25, 0.3) is 0 Å². The summed E-state index contributed by atoms with van der Waals surface area (Å²) in [6.45, 7) is 3.84. The third-order valence-corrected chi connectivity index (χ3v) is 8.72. The first kappa shape index (κ1) is 17.4. The Labute approximate surface area is 149 Å². The lowest BCUT2D eigenvalue weighted by molar-refractivity contribution is -0.164. The number of fused-ring (bicyclic) bond motifs is 5. The lowest BCUT2D eigenvalue weighted by Crippen LogP contribution is -2.58. The van der Waals surface area contributed by atoms with Crippen molar-refractivity contribution in [3.05, 3.63) is 11.6 Å². The summed E-state index contributed by atoms with van der Waals surface area (Å²) in [7, 11) is 0. The summed E-state index contributed by atoms with van der Waals surface area (Å²) < 4.78 is 0. The maximum absolute atomic E-state index is 12.3. The van der Waals surface area contributed by atoms with Crippen molar-refractivity contribution in [2.75, 3.05) is 6.61 Å². The Bertz CT molecular complexity index is 652. The number of hydrogen-bond acceptors (Lipinski definition) is 4. The third kappa shape index (κ3) is 2.13. The molecule has 0 spiro atoms. The molecule has 0 amide bonds. The van der Waals surface area contributed by atoms with Gasteiger partial charge in [-0.2, -0.15) is 0 Å².